The molecule has 1 heterocycles. The van der Waals surface area contributed by atoms with Crippen molar-refractivity contribution >= 4 is 11.9 Å². The van der Waals surface area contributed by atoms with Gasteiger partial charge in [0.25, 0.3) is 0 Å². The summed E-state index contributed by atoms with van der Waals surface area (Å²) in [5.41, 5.74) is 0. The minimum Gasteiger partial charge on any atom is -0.466 e. The fourth-order valence-electron chi connectivity index (χ4n) is 8.18. The highest BCUT2D eigenvalue weighted by atomic mass is 16.7. The molecule has 1 amide bonds. The van der Waals surface area contributed by atoms with Crippen LogP contribution in [0.15, 0.2) is 85.1 Å². The summed E-state index contributed by atoms with van der Waals surface area (Å²) in [6.07, 6.45) is 55.4. The molecule has 0 aromatic heterocycles. The number of rotatable bonds is 47. The number of aliphatic hydroxyl groups excluding tert-OH is 5. The highest BCUT2D eigenvalue weighted by Gasteiger charge is 2.44. The molecule has 1 rings (SSSR count). The second-order valence-electron chi connectivity index (χ2n) is 19.2. The normalized spacial score (nSPS) is 19.8. The first-order chi connectivity index (χ1) is 34.7. The lowest BCUT2D eigenvalue weighted by molar-refractivity contribution is -0.302. The Morgan fingerprint density at radius 3 is 1.54 bits per heavy atom. The molecule has 7 unspecified atom stereocenters. The fraction of sp³-hybridized carbons (Fsp3) is 0.733. The standard InChI is InChI=1S/C60H103NO10/c1-3-5-7-9-11-13-15-16-17-22-25-28-32-36-40-44-48-56(65)69-49-45-41-37-33-29-26-23-20-18-19-21-24-27-31-35-39-43-47-55(64)61-52(51-70-60-59(68)58(67)57(66)54(50-62)71-60)53(63)46-42-38-34-30-14-12-10-8-6-4-2/h6,8,13-15,17-18,20,22,26,29-30,42,46,52-54,57-60,62-63,66-68H,3-5,7,9-12,16,19,21,23-25,27-28,31-41,43-45,47-51H2,1-2H3,(H,61,64)/b8-6+,15-13-,20-18-,22-17-,29-26-,30-14+,46-42+. The molecule has 0 aromatic rings. The van der Waals surface area contributed by atoms with Gasteiger partial charge in [0.1, 0.15) is 24.4 Å². The molecule has 0 aromatic carbocycles. The Morgan fingerprint density at radius 2 is 1.00 bits per heavy atom. The zero-order chi connectivity index (χ0) is 51.7. The lowest BCUT2D eigenvalue weighted by Gasteiger charge is -2.40. The third kappa shape index (κ3) is 39.0. The maximum atomic E-state index is 13.0. The quantitative estimate of drug-likeness (QED) is 0.0196. The van der Waals surface area contributed by atoms with E-state index in [0.29, 0.717) is 25.9 Å². The smallest absolute Gasteiger partial charge is 0.305 e. The van der Waals surface area contributed by atoms with Crippen LogP contribution < -0.4 is 5.32 Å². The zero-order valence-electron chi connectivity index (χ0n) is 44.7. The summed E-state index contributed by atoms with van der Waals surface area (Å²) in [5, 5.41) is 54.1. The number of esters is 1. The van der Waals surface area contributed by atoms with Gasteiger partial charge in [-0.05, 0) is 122 Å². The number of amides is 1. The molecule has 11 heteroatoms. The van der Waals surface area contributed by atoms with Gasteiger partial charge >= 0.3 is 5.97 Å². The zero-order valence-corrected chi connectivity index (χ0v) is 44.7. The van der Waals surface area contributed by atoms with Crippen LogP contribution >= 0.6 is 0 Å². The Morgan fingerprint density at radius 1 is 0.535 bits per heavy atom. The molecule has 7 atom stereocenters. The van der Waals surface area contributed by atoms with E-state index in [0.717, 1.165) is 122 Å². The van der Waals surface area contributed by atoms with Gasteiger partial charge in [-0.3, -0.25) is 9.59 Å². The SMILES string of the molecule is CC/C=C/CC/C=C/CC/C=C/C(O)C(COC1OC(CO)C(O)C(O)C1O)NC(=O)CCCCCCCCC/C=C\C/C=C\CCCCCOC(=O)CCCCCCC/C=C\C/C=C\CCCCCC. The topological polar surface area (TPSA) is 175 Å². The highest BCUT2D eigenvalue weighted by molar-refractivity contribution is 5.76. The van der Waals surface area contributed by atoms with Crippen LogP contribution in [-0.2, 0) is 23.8 Å². The van der Waals surface area contributed by atoms with Gasteiger partial charge in [-0.25, -0.2) is 0 Å². The van der Waals surface area contributed by atoms with Crippen molar-refractivity contribution in [1.29, 1.82) is 0 Å². The van der Waals surface area contributed by atoms with Crippen LogP contribution in [0.25, 0.3) is 0 Å². The molecule has 6 N–H and O–H groups in total. The maximum Gasteiger partial charge on any atom is 0.305 e. The third-order valence-corrected chi connectivity index (χ3v) is 12.7. The van der Waals surface area contributed by atoms with Crippen molar-refractivity contribution in [3.63, 3.8) is 0 Å². The van der Waals surface area contributed by atoms with Crippen LogP contribution in [0.4, 0.5) is 0 Å². The molecule has 1 saturated heterocycles. The number of ether oxygens (including phenoxy) is 3. The maximum absolute atomic E-state index is 13.0. The molecule has 1 aliphatic rings. The highest BCUT2D eigenvalue weighted by Crippen LogP contribution is 2.23. The number of unbranched alkanes of at least 4 members (excludes halogenated alkanes) is 21. The Bertz CT molecular complexity index is 1450. The first-order valence-corrected chi connectivity index (χ1v) is 28.4. The lowest BCUT2D eigenvalue weighted by Crippen LogP contribution is -2.60. The molecule has 0 radical (unpaired) electrons. The van der Waals surface area contributed by atoms with Crippen LogP contribution in [0, 0.1) is 0 Å². The van der Waals surface area contributed by atoms with E-state index >= 15 is 0 Å². The Balaban J connectivity index is 2.11. The van der Waals surface area contributed by atoms with E-state index < -0.39 is 49.5 Å². The van der Waals surface area contributed by atoms with Crippen molar-refractivity contribution in [1.82, 2.24) is 5.32 Å². The van der Waals surface area contributed by atoms with Crippen LogP contribution in [-0.4, -0.2) is 100 Å². The summed E-state index contributed by atoms with van der Waals surface area (Å²) >= 11 is 0. The minimum absolute atomic E-state index is 0.0487. The first kappa shape index (κ1) is 65.9. The number of nitrogens with one attached hydrogen (secondary N) is 1. The summed E-state index contributed by atoms with van der Waals surface area (Å²) < 4.78 is 16.6. The van der Waals surface area contributed by atoms with Gasteiger partial charge in [-0.1, -0.05) is 170 Å². The van der Waals surface area contributed by atoms with Gasteiger partial charge in [0.15, 0.2) is 6.29 Å². The Kier molecular flexibility index (Phi) is 45.5. The second kappa shape index (κ2) is 49.1. The molecule has 1 aliphatic heterocycles. The van der Waals surface area contributed by atoms with Gasteiger partial charge in [-0.15, -0.1) is 0 Å². The van der Waals surface area contributed by atoms with Gasteiger partial charge in [0.2, 0.25) is 5.91 Å². The summed E-state index contributed by atoms with van der Waals surface area (Å²) in [7, 11) is 0. The van der Waals surface area contributed by atoms with E-state index in [4.69, 9.17) is 14.2 Å². The molecule has 0 bridgehead atoms. The van der Waals surface area contributed by atoms with E-state index in [1.54, 1.807) is 6.08 Å². The number of hydrogen-bond acceptors (Lipinski definition) is 10. The van der Waals surface area contributed by atoms with Gasteiger partial charge in [-0.2, -0.15) is 0 Å². The van der Waals surface area contributed by atoms with Crippen LogP contribution in [0.2, 0.25) is 0 Å². The predicted octanol–water partition coefficient (Wildman–Crippen LogP) is 12.6. The van der Waals surface area contributed by atoms with E-state index in [-0.39, 0.29) is 18.5 Å². The largest absolute Gasteiger partial charge is 0.466 e. The third-order valence-electron chi connectivity index (χ3n) is 12.7. The number of hydrogen-bond donors (Lipinski definition) is 6. The van der Waals surface area contributed by atoms with Crippen LogP contribution in [0.5, 0.6) is 0 Å². The van der Waals surface area contributed by atoms with Gasteiger partial charge < -0.3 is 45.1 Å². The summed E-state index contributed by atoms with van der Waals surface area (Å²) in [6.45, 7) is 4.09. The molecule has 1 fully saturated rings. The minimum atomic E-state index is -1.59. The van der Waals surface area contributed by atoms with Crippen molar-refractivity contribution in [2.45, 2.75) is 262 Å². The average molecular weight is 998 g/mol. The van der Waals surface area contributed by atoms with E-state index in [1.807, 2.05) is 6.08 Å². The predicted molar refractivity (Wildman–Crippen MR) is 292 cm³/mol. The number of carbonyl (C=O) groups excluding carboxylic acids is 2. The monoisotopic (exact) mass is 998 g/mol. The molecule has 0 saturated carbocycles. The summed E-state index contributed by atoms with van der Waals surface area (Å²) in [4.78, 5) is 25.0. The lowest BCUT2D eigenvalue weighted by atomic mass is 9.99. The number of allylic oxidation sites excluding steroid dienone is 13. The molecule has 0 spiro atoms. The van der Waals surface area contributed by atoms with Crippen molar-refractivity contribution in [2.75, 3.05) is 19.8 Å². The fourth-order valence-corrected chi connectivity index (χ4v) is 8.18. The molecular weight excluding hydrogens is 895 g/mol. The van der Waals surface area contributed by atoms with Crippen molar-refractivity contribution < 1.29 is 49.3 Å². The van der Waals surface area contributed by atoms with E-state index in [2.05, 4.69) is 92.1 Å². The molecular formula is C60H103NO10. The van der Waals surface area contributed by atoms with Crippen LogP contribution in [0.1, 0.15) is 219 Å². The van der Waals surface area contributed by atoms with E-state index in [9.17, 15) is 35.1 Å². The molecule has 0 aliphatic carbocycles. The van der Waals surface area contributed by atoms with Crippen molar-refractivity contribution in [3.05, 3.63) is 85.1 Å². The van der Waals surface area contributed by atoms with Crippen molar-refractivity contribution in [3.8, 4) is 0 Å². The van der Waals surface area contributed by atoms with Crippen LogP contribution in [0.3, 0.4) is 0 Å². The molecule has 408 valence electrons. The molecule has 11 nitrogen and oxygen atoms in total. The molecule has 71 heavy (non-hydrogen) atoms. The average Bonchev–Trinajstić information content (AvgIpc) is 3.37. The summed E-state index contributed by atoms with van der Waals surface area (Å²) in [6, 6.07) is -0.848. The Labute approximate surface area is 432 Å². The van der Waals surface area contributed by atoms with Gasteiger partial charge in [0, 0.05) is 12.8 Å². The van der Waals surface area contributed by atoms with Crippen molar-refractivity contribution in [2.24, 2.45) is 0 Å². The second-order valence-corrected chi connectivity index (χ2v) is 19.2. The number of aliphatic hydroxyl groups is 5. The Hall–Kier alpha value is -3.16. The van der Waals surface area contributed by atoms with Gasteiger partial charge in [0.05, 0.1) is 32.0 Å². The first-order valence-electron chi connectivity index (χ1n) is 28.4. The summed E-state index contributed by atoms with van der Waals surface area (Å²) in [5.74, 6) is -0.267. The van der Waals surface area contributed by atoms with E-state index in [1.165, 1.54) is 64.2 Å². The number of carbonyl (C=O) groups is 2.